The zero-order valence-corrected chi connectivity index (χ0v) is 20.5. The number of carbonyl (C=O) groups is 2. The summed E-state index contributed by atoms with van der Waals surface area (Å²) in [6.45, 7) is 10.7. The first-order chi connectivity index (χ1) is 15.2. The van der Waals surface area contributed by atoms with Gasteiger partial charge >= 0.3 is 11.9 Å². The lowest BCUT2D eigenvalue weighted by molar-refractivity contribution is -0.168. The van der Waals surface area contributed by atoms with Gasteiger partial charge in [-0.05, 0) is 61.9 Å². The molecular weight excluding hydrogens is 404 g/mol. The summed E-state index contributed by atoms with van der Waals surface area (Å²) in [7, 11) is 0. The van der Waals surface area contributed by atoms with Crippen LogP contribution in [0.25, 0.3) is 0 Å². The smallest absolute Gasteiger partial charge is 0.312 e. The van der Waals surface area contributed by atoms with Crippen LogP contribution in [0.15, 0.2) is 23.8 Å². The van der Waals surface area contributed by atoms with Gasteiger partial charge in [-0.3, -0.25) is 9.59 Å². The van der Waals surface area contributed by atoms with Gasteiger partial charge in [0, 0.05) is 12.3 Å². The van der Waals surface area contributed by atoms with E-state index in [-0.39, 0.29) is 36.5 Å². The Labute approximate surface area is 193 Å². The van der Waals surface area contributed by atoms with Crippen LogP contribution in [0.4, 0.5) is 0 Å². The summed E-state index contributed by atoms with van der Waals surface area (Å²) < 4.78 is 11.8. The molecule has 0 bridgehead atoms. The number of ether oxygens (including phenoxy) is 2. The zero-order valence-electron chi connectivity index (χ0n) is 20.5. The van der Waals surface area contributed by atoms with Crippen molar-refractivity contribution in [2.24, 2.45) is 29.1 Å². The molecule has 1 heterocycles. The minimum absolute atomic E-state index is 0.0475. The number of hydrogen-bond acceptors (Lipinski definition) is 5. The van der Waals surface area contributed by atoms with Gasteiger partial charge in [-0.15, -0.1) is 0 Å². The van der Waals surface area contributed by atoms with E-state index in [9.17, 15) is 14.7 Å². The minimum atomic E-state index is -0.602. The largest absolute Gasteiger partial charge is 0.462 e. The molecule has 0 spiro atoms. The van der Waals surface area contributed by atoms with Crippen molar-refractivity contribution in [2.75, 3.05) is 0 Å². The zero-order chi connectivity index (χ0) is 23.5. The molecule has 7 atom stereocenters. The third kappa shape index (κ3) is 5.30. The summed E-state index contributed by atoms with van der Waals surface area (Å²) >= 11 is 0. The number of esters is 2. The molecule has 0 aromatic carbocycles. The molecule has 1 unspecified atom stereocenters. The van der Waals surface area contributed by atoms with Crippen molar-refractivity contribution >= 4 is 11.9 Å². The maximum Gasteiger partial charge on any atom is 0.312 e. The monoisotopic (exact) mass is 446 g/mol. The van der Waals surface area contributed by atoms with Crippen LogP contribution in [0.2, 0.25) is 0 Å². The number of rotatable bonds is 8. The van der Waals surface area contributed by atoms with Crippen LogP contribution in [0.5, 0.6) is 0 Å². The maximum atomic E-state index is 13.3. The topological polar surface area (TPSA) is 72.8 Å². The fourth-order valence-corrected chi connectivity index (χ4v) is 6.08. The highest BCUT2D eigenvalue weighted by Gasteiger charge is 2.44. The predicted octanol–water partition coefficient (Wildman–Crippen LogP) is 5.37. The Morgan fingerprint density at radius 2 is 1.84 bits per heavy atom. The Morgan fingerprint density at radius 3 is 2.47 bits per heavy atom. The maximum absolute atomic E-state index is 13.3. The molecule has 0 aromatic rings. The van der Waals surface area contributed by atoms with Gasteiger partial charge in [0.05, 0.1) is 17.9 Å². The molecule has 1 fully saturated rings. The summed E-state index contributed by atoms with van der Waals surface area (Å²) in [6, 6.07) is 0. The standard InChI is InChI=1S/C27H42O5/c1-6-27(7-2,8-3)26(30)32-23-14-17(4)13-19-10-9-18(5)22(25(19)23)12-11-21-15-20(28)16-24(29)31-21/h9-10,13,17-18,20-23,25,28H,6-8,11-12,14-16H2,1-5H3/t17-,18-,20+,21+,22-,23-,25?/m0/s1. The summed E-state index contributed by atoms with van der Waals surface area (Å²) in [5.41, 5.74) is 0.878. The number of allylic oxidation sites excluding steroid dienone is 3. The first-order valence-corrected chi connectivity index (χ1v) is 12.7. The Bertz CT molecular complexity index is 726. The van der Waals surface area contributed by atoms with Crippen molar-refractivity contribution in [2.45, 2.75) is 104 Å². The Morgan fingerprint density at radius 1 is 1.16 bits per heavy atom. The van der Waals surface area contributed by atoms with Crippen molar-refractivity contribution in [3.05, 3.63) is 23.8 Å². The molecular formula is C27H42O5. The number of fused-ring (bicyclic) bond motifs is 1. The lowest BCUT2D eigenvalue weighted by Crippen LogP contribution is -2.44. The van der Waals surface area contributed by atoms with Crippen LogP contribution in [-0.4, -0.2) is 35.4 Å². The minimum Gasteiger partial charge on any atom is -0.462 e. The van der Waals surface area contributed by atoms with Crippen molar-refractivity contribution in [1.29, 1.82) is 0 Å². The average Bonchev–Trinajstić information content (AvgIpc) is 2.74. The highest BCUT2D eigenvalue weighted by atomic mass is 16.6. The molecule has 0 amide bonds. The van der Waals surface area contributed by atoms with E-state index in [1.807, 2.05) is 0 Å². The van der Waals surface area contributed by atoms with Gasteiger partial charge < -0.3 is 14.6 Å². The van der Waals surface area contributed by atoms with Gasteiger partial charge in [-0.1, -0.05) is 52.8 Å². The van der Waals surface area contributed by atoms with Crippen LogP contribution in [0.3, 0.4) is 0 Å². The van der Waals surface area contributed by atoms with Gasteiger partial charge in [-0.2, -0.15) is 0 Å². The van der Waals surface area contributed by atoms with E-state index in [1.165, 1.54) is 5.57 Å². The fourth-order valence-electron chi connectivity index (χ4n) is 6.08. The van der Waals surface area contributed by atoms with Crippen LogP contribution in [-0.2, 0) is 19.1 Å². The molecule has 1 aliphatic heterocycles. The van der Waals surface area contributed by atoms with Crippen LogP contribution < -0.4 is 0 Å². The van der Waals surface area contributed by atoms with Crippen LogP contribution in [0.1, 0.15) is 86.0 Å². The number of cyclic esters (lactones) is 1. The van der Waals surface area contributed by atoms with Gasteiger partial charge in [-0.25, -0.2) is 0 Å². The quantitative estimate of drug-likeness (QED) is 0.508. The van der Waals surface area contributed by atoms with Gasteiger partial charge in [0.1, 0.15) is 12.2 Å². The molecule has 1 saturated heterocycles. The molecule has 3 aliphatic rings. The molecule has 3 rings (SSSR count). The first-order valence-electron chi connectivity index (χ1n) is 12.7. The van der Waals surface area contributed by atoms with Crippen molar-refractivity contribution in [1.82, 2.24) is 0 Å². The Kier molecular flexibility index (Phi) is 8.24. The van der Waals surface area contributed by atoms with Crippen molar-refractivity contribution < 1.29 is 24.2 Å². The summed E-state index contributed by atoms with van der Waals surface area (Å²) in [4.78, 5) is 25.1. The number of aliphatic hydroxyl groups excluding tert-OH is 1. The molecule has 2 aliphatic carbocycles. The molecule has 180 valence electrons. The summed E-state index contributed by atoms with van der Waals surface area (Å²) in [5, 5.41) is 9.96. The number of aliphatic hydroxyl groups is 1. The third-order valence-corrected chi connectivity index (χ3v) is 8.37. The van der Waals surface area contributed by atoms with Gasteiger partial charge in [0.25, 0.3) is 0 Å². The van der Waals surface area contributed by atoms with E-state index in [1.54, 1.807) is 0 Å². The average molecular weight is 447 g/mol. The van der Waals surface area contributed by atoms with Gasteiger partial charge in [0.15, 0.2) is 0 Å². The third-order valence-electron chi connectivity index (χ3n) is 8.37. The Hall–Kier alpha value is -1.62. The van der Waals surface area contributed by atoms with E-state index in [0.717, 1.165) is 38.5 Å². The second-order valence-corrected chi connectivity index (χ2v) is 10.4. The lowest BCUT2D eigenvalue weighted by Gasteiger charge is -2.44. The summed E-state index contributed by atoms with van der Waals surface area (Å²) in [5.74, 6) is 0.847. The highest BCUT2D eigenvalue weighted by Crippen LogP contribution is 2.46. The molecule has 5 heteroatoms. The molecule has 0 saturated carbocycles. The second-order valence-electron chi connectivity index (χ2n) is 10.4. The summed E-state index contributed by atoms with van der Waals surface area (Å²) in [6.07, 6.45) is 11.3. The molecule has 5 nitrogen and oxygen atoms in total. The number of carbonyl (C=O) groups excluding carboxylic acids is 2. The Balaban J connectivity index is 1.78. The highest BCUT2D eigenvalue weighted by molar-refractivity contribution is 5.77. The molecule has 0 aromatic heterocycles. The SMILES string of the molecule is CCC(CC)(CC)C(=O)O[C@H]1C[C@@H](C)C=C2C=C[C@H](C)[C@H](CC[C@@H]3C[C@@H](O)CC(=O)O3)C21. The van der Waals surface area contributed by atoms with Crippen molar-refractivity contribution in [3.8, 4) is 0 Å². The van der Waals surface area contributed by atoms with Gasteiger partial charge in [0.2, 0.25) is 0 Å². The molecule has 0 radical (unpaired) electrons. The van der Waals surface area contributed by atoms with Crippen LogP contribution in [0, 0.1) is 29.1 Å². The van der Waals surface area contributed by atoms with Crippen molar-refractivity contribution in [3.63, 3.8) is 0 Å². The molecule has 1 N–H and O–H groups in total. The normalized spacial score (nSPS) is 35.0. The van der Waals surface area contributed by atoms with E-state index in [4.69, 9.17) is 9.47 Å². The van der Waals surface area contributed by atoms with E-state index >= 15 is 0 Å². The second kappa shape index (κ2) is 10.5. The predicted molar refractivity (Wildman–Crippen MR) is 125 cm³/mol. The lowest BCUT2D eigenvalue weighted by atomic mass is 9.65. The fraction of sp³-hybridized carbons (Fsp3) is 0.778. The van der Waals surface area contributed by atoms with E-state index in [0.29, 0.717) is 24.2 Å². The first kappa shape index (κ1) is 25.0. The van der Waals surface area contributed by atoms with E-state index in [2.05, 4.69) is 52.8 Å². The molecule has 32 heavy (non-hydrogen) atoms. The van der Waals surface area contributed by atoms with Crippen LogP contribution >= 0.6 is 0 Å². The number of hydrogen-bond donors (Lipinski definition) is 1. The van der Waals surface area contributed by atoms with E-state index < -0.39 is 11.5 Å².